The number of amides is 1. The first kappa shape index (κ1) is 18.0. The largest absolute Gasteiger partial charge is 0.338 e. The number of aromatic nitrogens is 2. The van der Waals surface area contributed by atoms with E-state index >= 15 is 0 Å². The molecule has 5 heteroatoms. The molecule has 1 aliphatic carbocycles. The Labute approximate surface area is 161 Å². The first-order chi connectivity index (χ1) is 13.1. The van der Waals surface area contributed by atoms with Crippen LogP contribution in [-0.2, 0) is 24.7 Å². The molecule has 4 rings (SSSR count). The molecule has 0 radical (unpaired) electrons. The number of rotatable bonds is 4. The van der Waals surface area contributed by atoms with Crippen LogP contribution in [0.5, 0.6) is 0 Å². The Kier molecular flexibility index (Phi) is 5.12. The Hall–Kier alpha value is -2.40. The Morgan fingerprint density at radius 3 is 2.67 bits per heavy atom. The summed E-state index contributed by atoms with van der Waals surface area (Å²) in [4.78, 5) is 17.1. The summed E-state index contributed by atoms with van der Waals surface area (Å²) >= 11 is 0. The van der Waals surface area contributed by atoms with Crippen LogP contribution in [0.25, 0.3) is 6.08 Å². The summed E-state index contributed by atoms with van der Waals surface area (Å²) in [7, 11) is 3.82. The average molecular weight is 364 g/mol. The molecule has 1 atom stereocenters. The van der Waals surface area contributed by atoms with Crippen LogP contribution < -0.4 is 0 Å². The van der Waals surface area contributed by atoms with Gasteiger partial charge in [-0.1, -0.05) is 24.3 Å². The van der Waals surface area contributed by atoms with E-state index in [0.29, 0.717) is 6.04 Å². The number of hydrogen-bond donors (Lipinski definition) is 0. The summed E-state index contributed by atoms with van der Waals surface area (Å²) in [5.41, 5.74) is 3.94. The van der Waals surface area contributed by atoms with Crippen LogP contribution in [0, 0.1) is 0 Å². The number of nitrogens with zero attached hydrogens (tertiary/aromatic N) is 4. The van der Waals surface area contributed by atoms with Crippen molar-refractivity contribution < 1.29 is 4.79 Å². The van der Waals surface area contributed by atoms with E-state index in [0.717, 1.165) is 44.3 Å². The lowest BCUT2D eigenvalue weighted by atomic mass is 10.0. The average Bonchev–Trinajstić information content (AvgIpc) is 3.31. The molecule has 1 aromatic carbocycles. The lowest BCUT2D eigenvalue weighted by Gasteiger charge is -2.40. The maximum atomic E-state index is 12.6. The van der Waals surface area contributed by atoms with Crippen molar-refractivity contribution in [2.24, 2.45) is 7.05 Å². The maximum absolute atomic E-state index is 12.6. The molecule has 1 aromatic heterocycles. The van der Waals surface area contributed by atoms with Crippen molar-refractivity contribution in [1.29, 1.82) is 0 Å². The van der Waals surface area contributed by atoms with Gasteiger partial charge in [-0.2, -0.15) is 5.10 Å². The van der Waals surface area contributed by atoms with Crippen LogP contribution in [0.1, 0.15) is 29.5 Å². The van der Waals surface area contributed by atoms with Crippen LogP contribution in [-0.4, -0.2) is 57.7 Å². The predicted octanol–water partition coefficient (Wildman–Crippen LogP) is 2.52. The number of benzene rings is 1. The van der Waals surface area contributed by atoms with E-state index in [1.165, 1.54) is 11.1 Å². The maximum Gasteiger partial charge on any atom is 0.246 e. The summed E-state index contributed by atoms with van der Waals surface area (Å²) in [5, 5.41) is 4.13. The molecule has 0 saturated carbocycles. The van der Waals surface area contributed by atoms with Crippen molar-refractivity contribution in [2.45, 2.75) is 37.8 Å². The zero-order valence-corrected chi connectivity index (χ0v) is 16.2. The molecule has 0 N–H and O–H groups in total. The second-order valence-corrected chi connectivity index (χ2v) is 7.85. The quantitative estimate of drug-likeness (QED) is 0.783. The second kappa shape index (κ2) is 7.69. The van der Waals surface area contributed by atoms with Crippen molar-refractivity contribution in [3.63, 3.8) is 0 Å². The fourth-order valence-electron chi connectivity index (χ4n) is 4.42. The second-order valence-electron chi connectivity index (χ2n) is 7.85. The number of fused-ring (bicyclic) bond motifs is 1. The first-order valence-corrected chi connectivity index (χ1v) is 9.84. The minimum Gasteiger partial charge on any atom is -0.338 e. The molecule has 2 aliphatic rings. The van der Waals surface area contributed by atoms with Gasteiger partial charge in [0.25, 0.3) is 0 Å². The van der Waals surface area contributed by atoms with E-state index in [1.54, 1.807) is 17.0 Å². The Bertz CT molecular complexity index is 815. The number of piperidine rings is 1. The SMILES string of the molecule is CN(C(=O)/C=C/c1cnn(C)c1)[C@@H]1CCCN(C2Cc3ccccc3C2)C1. The lowest BCUT2D eigenvalue weighted by Crippen LogP contribution is -2.51. The van der Waals surface area contributed by atoms with Gasteiger partial charge in [0, 0.05) is 50.6 Å². The van der Waals surface area contributed by atoms with E-state index in [1.807, 2.05) is 31.3 Å². The number of aryl methyl sites for hydroxylation is 1. The van der Waals surface area contributed by atoms with Gasteiger partial charge in [0.05, 0.1) is 6.20 Å². The molecule has 1 amide bonds. The van der Waals surface area contributed by atoms with Crippen molar-refractivity contribution in [1.82, 2.24) is 19.6 Å². The minimum atomic E-state index is 0.0698. The van der Waals surface area contributed by atoms with Crippen molar-refractivity contribution in [3.8, 4) is 0 Å². The molecule has 142 valence electrons. The molecule has 0 spiro atoms. The Morgan fingerprint density at radius 2 is 2.00 bits per heavy atom. The van der Waals surface area contributed by atoms with Crippen molar-refractivity contribution >= 4 is 12.0 Å². The highest BCUT2D eigenvalue weighted by Crippen LogP contribution is 2.28. The van der Waals surface area contributed by atoms with E-state index in [9.17, 15) is 4.79 Å². The molecule has 5 nitrogen and oxygen atoms in total. The fourth-order valence-corrected chi connectivity index (χ4v) is 4.42. The minimum absolute atomic E-state index is 0.0698. The highest BCUT2D eigenvalue weighted by molar-refractivity contribution is 5.91. The molecule has 1 saturated heterocycles. The number of likely N-dealkylation sites (tertiary alicyclic amines) is 1. The Balaban J connectivity index is 1.36. The third-order valence-electron chi connectivity index (χ3n) is 6.01. The molecule has 0 unspecified atom stereocenters. The van der Waals surface area contributed by atoms with Crippen LogP contribution in [0.3, 0.4) is 0 Å². The van der Waals surface area contributed by atoms with Gasteiger partial charge in [0.2, 0.25) is 5.91 Å². The summed E-state index contributed by atoms with van der Waals surface area (Å²) in [5.74, 6) is 0.0698. The van der Waals surface area contributed by atoms with Gasteiger partial charge < -0.3 is 4.90 Å². The van der Waals surface area contributed by atoms with E-state index in [-0.39, 0.29) is 11.9 Å². The smallest absolute Gasteiger partial charge is 0.246 e. The first-order valence-electron chi connectivity index (χ1n) is 9.84. The van der Waals surface area contributed by atoms with Crippen molar-refractivity contribution in [3.05, 3.63) is 59.4 Å². The van der Waals surface area contributed by atoms with E-state index < -0.39 is 0 Å². The monoisotopic (exact) mass is 364 g/mol. The summed E-state index contributed by atoms with van der Waals surface area (Å²) < 4.78 is 1.74. The molecule has 1 fully saturated rings. The molecular formula is C22H28N4O. The topological polar surface area (TPSA) is 41.4 Å². The van der Waals surface area contributed by atoms with Gasteiger partial charge in [-0.15, -0.1) is 0 Å². The van der Waals surface area contributed by atoms with Gasteiger partial charge in [0.1, 0.15) is 0 Å². The molecular weight excluding hydrogens is 336 g/mol. The van der Waals surface area contributed by atoms with Gasteiger partial charge in [-0.3, -0.25) is 14.4 Å². The highest BCUT2D eigenvalue weighted by atomic mass is 16.2. The molecule has 1 aliphatic heterocycles. The Morgan fingerprint density at radius 1 is 1.26 bits per heavy atom. The number of carbonyl (C=O) groups is 1. The van der Waals surface area contributed by atoms with Gasteiger partial charge in [-0.25, -0.2) is 0 Å². The zero-order chi connectivity index (χ0) is 18.8. The lowest BCUT2D eigenvalue weighted by molar-refractivity contribution is -0.127. The number of hydrogen-bond acceptors (Lipinski definition) is 3. The van der Waals surface area contributed by atoms with Crippen LogP contribution in [0.2, 0.25) is 0 Å². The molecule has 27 heavy (non-hydrogen) atoms. The molecule has 2 heterocycles. The van der Waals surface area contributed by atoms with E-state index in [2.05, 4.69) is 34.3 Å². The third-order valence-corrected chi connectivity index (χ3v) is 6.01. The molecule has 0 bridgehead atoms. The fraction of sp³-hybridized carbons (Fsp3) is 0.455. The third kappa shape index (κ3) is 3.98. The molecule has 2 aromatic rings. The predicted molar refractivity (Wildman–Crippen MR) is 107 cm³/mol. The number of carbonyl (C=O) groups excluding carboxylic acids is 1. The standard InChI is InChI=1S/C22H28N4O/c1-24-15-17(14-23-24)9-10-22(27)25(2)20-8-5-11-26(16-20)21-12-18-6-3-4-7-19(18)13-21/h3-4,6-7,9-10,14-15,20-21H,5,8,11-13,16H2,1-2H3/b10-9+/t20-/m1/s1. The van der Waals surface area contributed by atoms with E-state index in [4.69, 9.17) is 0 Å². The normalized spacial score (nSPS) is 20.9. The van der Waals surface area contributed by atoms with Crippen LogP contribution >= 0.6 is 0 Å². The summed E-state index contributed by atoms with van der Waals surface area (Å²) in [6, 6.07) is 9.67. The van der Waals surface area contributed by atoms with Gasteiger partial charge in [-0.05, 0) is 49.4 Å². The van der Waals surface area contributed by atoms with Gasteiger partial charge in [0.15, 0.2) is 0 Å². The van der Waals surface area contributed by atoms with Crippen LogP contribution in [0.15, 0.2) is 42.7 Å². The van der Waals surface area contributed by atoms with Crippen LogP contribution in [0.4, 0.5) is 0 Å². The summed E-state index contributed by atoms with van der Waals surface area (Å²) in [6.07, 6.45) is 11.7. The van der Waals surface area contributed by atoms with Crippen molar-refractivity contribution in [2.75, 3.05) is 20.1 Å². The number of likely N-dealkylation sites (N-methyl/N-ethyl adjacent to an activating group) is 1. The summed E-state index contributed by atoms with van der Waals surface area (Å²) in [6.45, 7) is 2.12. The highest BCUT2D eigenvalue weighted by Gasteiger charge is 2.32. The zero-order valence-electron chi connectivity index (χ0n) is 16.2. The van der Waals surface area contributed by atoms with Gasteiger partial charge >= 0.3 is 0 Å².